The Morgan fingerprint density at radius 2 is 2.05 bits per heavy atom. The lowest BCUT2D eigenvalue weighted by Gasteiger charge is -2.09. The van der Waals surface area contributed by atoms with Crippen molar-refractivity contribution in [2.75, 3.05) is 5.32 Å². The quantitative estimate of drug-likeness (QED) is 0.796. The average molecular weight is 273 g/mol. The van der Waals surface area contributed by atoms with Crippen LogP contribution in [0.5, 0.6) is 0 Å². The zero-order chi connectivity index (χ0) is 13.2. The van der Waals surface area contributed by atoms with Crippen LogP contribution in [0.3, 0.4) is 0 Å². The monoisotopic (exact) mass is 272 g/mol. The number of imidazole rings is 1. The molecule has 0 aliphatic rings. The molecular weight excluding hydrogens is 260 g/mol. The van der Waals surface area contributed by atoms with E-state index in [1.165, 1.54) is 0 Å². The number of halogens is 1. The number of fused-ring (bicyclic) bond motifs is 1. The van der Waals surface area contributed by atoms with Crippen molar-refractivity contribution in [1.29, 1.82) is 0 Å². The van der Waals surface area contributed by atoms with Gasteiger partial charge in [-0.25, -0.2) is 9.97 Å². The molecule has 3 aromatic rings. The third-order valence-electron chi connectivity index (χ3n) is 3.03. The summed E-state index contributed by atoms with van der Waals surface area (Å²) in [4.78, 5) is 8.68. The van der Waals surface area contributed by atoms with E-state index in [1.807, 2.05) is 41.9 Å². The molecule has 1 N–H and O–H groups in total. The maximum atomic E-state index is 6.14. The van der Waals surface area contributed by atoms with Gasteiger partial charge in [-0.15, -0.1) is 0 Å². The van der Waals surface area contributed by atoms with E-state index in [4.69, 9.17) is 11.6 Å². The second-order valence-electron chi connectivity index (χ2n) is 4.33. The van der Waals surface area contributed by atoms with E-state index in [-0.39, 0.29) is 0 Å². The first-order chi connectivity index (χ1) is 9.25. The van der Waals surface area contributed by atoms with Gasteiger partial charge >= 0.3 is 0 Å². The van der Waals surface area contributed by atoms with Crippen LogP contribution in [-0.2, 0) is 13.6 Å². The number of anilines is 1. The lowest BCUT2D eigenvalue weighted by molar-refractivity contribution is 0.942. The maximum Gasteiger partial charge on any atom is 0.152 e. The van der Waals surface area contributed by atoms with Crippen molar-refractivity contribution >= 4 is 28.5 Å². The Bertz CT molecular complexity index is 720. The van der Waals surface area contributed by atoms with Gasteiger partial charge in [0, 0.05) is 24.8 Å². The molecule has 0 amide bonds. The summed E-state index contributed by atoms with van der Waals surface area (Å²) >= 11 is 6.14. The molecule has 4 nitrogen and oxygen atoms in total. The van der Waals surface area contributed by atoms with Gasteiger partial charge in [0.2, 0.25) is 0 Å². The summed E-state index contributed by atoms with van der Waals surface area (Å²) in [5.74, 6) is 0.817. The predicted octanol–water partition coefficient (Wildman–Crippen LogP) is 3.23. The molecule has 2 heterocycles. The van der Waals surface area contributed by atoms with Gasteiger partial charge in [-0.05, 0) is 17.7 Å². The highest BCUT2D eigenvalue weighted by Crippen LogP contribution is 2.21. The first-order valence-corrected chi connectivity index (χ1v) is 6.37. The normalized spacial score (nSPS) is 10.8. The van der Waals surface area contributed by atoms with Crippen LogP contribution in [-0.4, -0.2) is 14.5 Å². The van der Waals surface area contributed by atoms with Crippen LogP contribution < -0.4 is 5.32 Å². The fourth-order valence-corrected chi connectivity index (χ4v) is 2.25. The lowest BCUT2D eigenvalue weighted by atomic mass is 10.2. The number of nitrogens with zero attached hydrogens (tertiary/aromatic N) is 3. The van der Waals surface area contributed by atoms with Crippen LogP contribution in [0.4, 0.5) is 5.82 Å². The van der Waals surface area contributed by atoms with E-state index >= 15 is 0 Å². The number of pyridine rings is 1. The van der Waals surface area contributed by atoms with Crippen LogP contribution in [0.2, 0.25) is 5.02 Å². The number of rotatable bonds is 3. The van der Waals surface area contributed by atoms with Gasteiger partial charge in [0.05, 0.1) is 11.8 Å². The molecule has 19 heavy (non-hydrogen) atoms. The second-order valence-corrected chi connectivity index (χ2v) is 4.73. The van der Waals surface area contributed by atoms with E-state index in [1.54, 1.807) is 12.5 Å². The summed E-state index contributed by atoms with van der Waals surface area (Å²) in [6.45, 7) is 0.636. The number of nitrogens with one attached hydrogen (secondary N) is 1. The SMILES string of the molecule is Cn1cnc2ccnc(NCc3ccccc3Cl)c21. The summed E-state index contributed by atoms with van der Waals surface area (Å²) in [7, 11) is 1.96. The minimum absolute atomic E-state index is 0.636. The van der Waals surface area contributed by atoms with Gasteiger partial charge in [-0.1, -0.05) is 29.8 Å². The van der Waals surface area contributed by atoms with Gasteiger partial charge in [0.1, 0.15) is 5.52 Å². The number of benzene rings is 1. The summed E-state index contributed by atoms with van der Waals surface area (Å²) in [5, 5.41) is 4.07. The standard InChI is InChI=1S/C14H13ClN4/c1-19-9-18-12-6-7-16-14(13(12)19)17-8-10-4-2-3-5-11(10)15/h2-7,9H,8H2,1H3,(H,16,17). The van der Waals surface area contributed by atoms with Crippen LogP contribution in [0.15, 0.2) is 42.9 Å². The van der Waals surface area contributed by atoms with E-state index < -0.39 is 0 Å². The molecule has 0 aliphatic carbocycles. The van der Waals surface area contributed by atoms with E-state index in [9.17, 15) is 0 Å². The zero-order valence-electron chi connectivity index (χ0n) is 10.5. The molecule has 96 valence electrons. The van der Waals surface area contributed by atoms with Crippen molar-refractivity contribution in [2.45, 2.75) is 6.54 Å². The molecule has 0 atom stereocenters. The minimum atomic E-state index is 0.636. The highest BCUT2D eigenvalue weighted by Gasteiger charge is 2.07. The van der Waals surface area contributed by atoms with Gasteiger partial charge in [0.25, 0.3) is 0 Å². The van der Waals surface area contributed by atoms with Crippen molar-refractivity contribution < 1.29 is 0 Å². The highest BCUT2D eigenvalue weighted by atomic mass is 35.5. The average Bonchev–Trinajstić information content (AvgIpc) is 2.80. The Labute approximate surface area is 116 Å². The summed E-state index contributed by atoms with van der Waals surface area (Å²) in [6.07, 6.45) is 3.54. The minimum Gasteiger partial charge on any atom is -0.364 e. The molecule has 3 rings (SSSR count). The van der Waals surface area contributed by atoms with Crippen LogP contribution in [0.25, 0.3) is 11.0 Å². The van der Waals surface area contributed by atoms with E-state index in [0.717, 1.165) is 27.4 Å². The molecule has 0 saturated carbocycles. The molecule has 5 heteroatoms. The van der Waals surface area contributed by atoms with E-state index in [2.05, 4.69) is 15.3 Å². The molecular formula is C14H13ClN4. The molecule has 0 spiro atoms. The third-order valence-corrected chi connectivity index (χ3v) is 3.40. The topological polar surface area (TPSA) is 42.7 Å². The molecule has 0 radical (unpaired) electrons. The molecule has 0 aliphatic heterocycles. The van der Waals surface area contributed by atoms with Crippen molar-refractivity contribution in [3.05, 3.63) is 53.4 Å². The molecule has 0 unspecified atom stereocenters. The Balaban J connectivity index is 1.90. The maximum absolute atomic E-state index is 6.14. The van der Waals surface area contributed by atoms with Crippen molar-refractivity contribution in [1.82, 2.24) is 14.5 Å². The lowest BCUT2D eigenvalue weighted by Crippen LogP contribution is -2.03. The summed E-state index contributed by atoms with van der Waals surface area (Å²) < 4.78 is 1.96. The predicted molar refractivity (Wildman–Crippen MR) is 77.3 cm³/mol. The van der Waals surface area contributed by atoms with Crippen LogP contribution in [0, 0.1) is 0 Å². The van der Waals surface area contributed by atoms with Gasteiger partial charge in [-0.3, -0.25) is 0 Å². The number of aryl methyl sites for hydroxylation is 1. The fraction of sp³-hybridized carbons (Fsp3) is 0.143. The molecule has 1 aromatic carbocycles. The van der Waals surface area contributed by atoms with Gasteiger partial charge in [-0.2, -0.15) is 0 Å². The first kappa shape index (κ1) is 12.0. The summed E-state index contributed by atoms with van der Waals surface area (Å²) in [6, 6.07) is 9.68. The fourth-order valence-electron chi connectivity index (χ4n) is 2.05. The molecule has 2 aromatic heterocycles. The van der Waals surface area contributed by atoms with Crippen molar-refractivity contribution in [2.24, 2.45) is 7.05 Å². The van der Waals surface area contributed by atoms with Crippen molar-refractivity contribution in [3.63, 3.8) is 0 Å². The molecule has 0 fully saturated rings. The highest BCUT2D eigenvalue weighted by molar-refractivity contribution is 6.31. The number of aromatic nitrogens is 3. The Kier molecular flexibility index (Phi) is 3.09. The Hall–Kier alpha value is -2.07. The Morgan fingerprint density at radius 1 is 1.21 bits per heavy atom. The molecule has 0 bridgehead atoms. The Morgan fingerprint density at radius 3 is 2.89 bits per heavy atom. The zero-order valence-corrected chi connectivity index (χ0v) is 11.2. The number of hydrogen-bond donors (Lipinski definition) is 1. The van der Waals surface area contributed by atoms with Gasteiger partial charge < -0.3 is 9.88 Å². The first-order valence-electron chi connectivity index (χ1n) is 5.99. The van der Waals surface area contributed by atoms with Crippen LogP contribution in [0.1, 0.15) is 5.56 Å². The van der Waals surface area contributed by atoms with Gasteiger partial charge in [0.15, 0.2) is 5.82 Å². The van der Waals surface area contributed by atoms with Crippen molar-refractivity contribution in [3.8, 4) is 0 Å². The van der Waals surface area contributed by atoms with Crippen LogP contribution >= 0.6 is 11.6 Å². The number of hydrogen-bond acceptors (Lipinski definition) is 3. The second kappa shape index (κ2) is 4.90. The molecule has 0 saturated heterocycles. The summed E-state index contributed by atoms with van der Waals surface area (Å²) in [5.41, 5.74) is 2.97. The smallest absolute Gasteiger partial charge is 0.152 e. The van der Waals surface area contributed by atoms with E-state index in [0.29, 0.717) is 6.54 Å². The largest absolute Gasteiger partial charge is 0.364 e. The third kappa shape index (κ3) is 2.27.